The van der Waals surface area contributed by atoms with Gasteiger partial charge in [0.15, 0.2) is 0 Å². The van der Waals surface area contributed by atoms with Crippen LogP contribution in [0.2, 0.25) is 0 Å². The van der Waals surface area contributed by atoms with E-state index in [2.05, 4.69) is 0 Å². The van der Waals surface area contributed by atoms with Crippen LogP contribution < -0.4 is 5.73 Å². The molecule has 0 fully saturated rings. The van der Waals surface area contributed by atoms with Crippen LogP contribution in [-0.4, -0.2) is 36.8 Å². The van der Waals surface area contributed by atoms with Gasteiger partial charge in [0.2, 0.25) is 0 Å². The summed E-state index contributed by atoms with van der Waals surface area (Å²) < 4.78 is 16.4. The Morgan fingerprint density at radius 2 is 2.31 bits per heavy atom. The quantitative estimate of drug-likeness (QED) is 0.501. The summed E-state index contributed by atoms with van der Waals surface area (Å²) in [7, 11) is 0. The Balaban J connectivity index is 3.38. The Bertz CT molecular complexity index is 146. The minimum atomic E-state index is -0.563. The van der Waals surface area contributed by atoms with Gasteiger partial charge in [0.25, 0.3) is 0 Å². The molecule has 0 rings (SSSR count). The van der Waals surface area contributed by atoms with Gasteiger partial charge < -0.3 is 10.5 Å². The highest BCUT2D eigenvalue weighted by molar-refractivity contribution is 7.99. The maximum Gasteiger partial charge on any atom is 0.322 e. The number of hydrogen-bond acceptors (Lipinski definition) is 4. The van der Waals surface area contributed by atoms with Gasteiger partial charge in [-0.25, -0.2) is 0 Å². The fourth-order valence-corrected chi connectivity index (χ4v) is 1.47. The molecule has 0 aromatic carbocycles. The van der Waals surface area contributed by atoms with Crippen LogP contribution in [0.15, 0.2) is 0 Å². The van der Waals surface area contributed by atoms with E-state index in [9.17, 15) is 9.18 Å². The lowest BCUT2D eigenvalue weighted by molar-refractivity contribution is -0.144. The molecule has 0 saturated heterocycles. The van der Waals surface area contributed by atoms with E-state index in [0.29, 0.717) is 24.5 Å². The number of carbonyl (C=O) groups excluding carboxylic acids is 1. The summed E-state index contributed by atoms with van der Waals surface area (Å²) in [5.41, 5.74) is 5.50. The molecule has 0 aliphatic heterocycles. The highest BCUT2D eigenvalue weighted by Crippen LogP contribution is 2.04. The van der Waals surface area contributed by atoms with Crippen molar-refractivity contribution in [3.63, 3.8) is 0 Å². The van der Waals surface area contributed by atoms with Gasteiger partial charge in [-0.3, -0.25) is 9.18 Å². The maximum absolute atomic E-state index is 11.7. The van der Waals surface area contributed by atoms with Crippen LogP contribution in [-0.2, 0) is 9.53 Å². The number of alkyl halides is 1. The van der Waals surface area contributed by atoms with Gasteiger partial charge in [-0.1, -0.05) is 0 Å². The number of rotatable bonds is 7. The van der Waals surface area contributed by atoms with Crippen LogP contribution in [0.4, 0.5) is 4.39 Å². The van der Waals surface area contributed by atoms with Gasteiger partial charge in [-0.15, -0.1) is 0 Å². The summed E-state index contributed by atoms with van der Waals surface area (Å²) >= 11 is 1.45. The summed E-state index contributed by atoms with van der Waals surface area (Å²) in [6.07, 6.45) is 0.545. The van der Waals surface area contributed by atoms with Gasteiger partial charge in [0.05, 0.1) is 13.3 Å². The molecule has 2 N–H and O–H groups in total. The molecule has 13 heavy (non-hydrogen) atoms. The zero-order valence-electron chi connectivity index (χ0n) is 7.79. The van der Waals surface area contributed by atoms with E-state index in [1.54, 1.807) is 6.92 Å². The number of esters is 1. The third-order valence-electron chi connectivity index (χ3n) is 1.38. The largest absolute Gasteiger partial charge is 0.465 e. The van der Waals surface area contributed by atoms with Crippen molar-refractivity contribution in [2.75, 3.05) is 24.8 Å². The number of thioether (sulfide) groups is 1. The highest BCUT2D eigenvalue weighted by Gasteiger charge is 2.13. The van der Waals surface area contributed by atoms with Crippen molar-refractivity contribution >= 4 is 17.7 Å². The summed E-state index contributed by atoms with van der Waals surface area (Å²) in [4.78, 5) is 11.0. The Kier molecular flexibility index (Phi) is 8.13. The molecule has 5 heteroatoms. The molecule has 0 radical (unpaired) electrons. The fraction of sp³-hybridized carbons (Fsp3) is 0.875. The standard InChI is InChI=1S/C8H16FNO2S/c1-2-12-8(11)7(10)3-5-13-6-4-9/h7H,2-6,10H2,1H3. The molecule has 0 aromatic rings. The minimum Gasteiger partial charge on any atom is -0.465 e. The number of nitrogens with two attached hydrogens (primary N) is 1. The first-order valence-corrected chi connectivity index (χ1v) is 5.43. The summed E-state index contributed by atoms with van der Waals surface area (Å²) in [6, 6.07) is -0.563. The Labute approximate surface area is 82.2 Å². The van der Waals surface area contributed by atoms with Crippen molar-refractivity contribution in [3.8, 4) is 0 Å². The molecule has 0 spiro atoms. The maximum atomic E-state index is 11.7. The van der Waals surface area contributed by atoms with E-state index in [-0.39, 0.29) is 12.6 Å². The molecule has 1 atom stereocenters. The number of halogens is 1. The molecule has 1 unspecified atom stereocenters. The first-order valence-electron chi connectivity index (χ1n) is 4.28. The second kappa shape index (κ2) is 8.31. The molecule has 0 bridgehead atoms. The topological polar surface area (TPSA) is 52.3 Å². The predicted octanol–water partition coefficient (Wildman–Crippen LogP) is 0.970. The molecule has 0 heterocycles. The fourth-order valence-electron chi connectivity index (χ4n) is 0.734. The summed E-state index contributed by atoms with van der Waals surface area (Å²) in [6.45, 7) is 1.76. The molecule has 0 aliphatic rings. The van der Waals surface area contributed by atoms with Crippen LogP contribution in [0.25, 0.3) is 0 Å². The molecule has 0 aromatic heterocycles. The lowest BCUT2D eigenvalue weighted by Crippen LogP contribution is -2.32. The highest BCUT2D eigenvalue weighted by atomic mass is 32.2. The van der Waals surface area contributed by atoms with Crippen LogP contribution in [0.3, 0.4) is 0 Å². The summed E-state index contributed by atoms with van der Waals surface area (Å²) in [5.74, 6) is 0.794. The Morgan fingerprint density at radius 1 is 1.62 bits per heavy atom. The zero-order valence-corrected chi connectivity index (χ0v) is 8.61. The zero-order chi connectivity index (χ0) is 10.1. The van der Waals surface area contributed by atoms with Crippen molar-refractivity contribution in [2.24, 2.45) is 5.73 Å². The molecular weight excluding hydrogens is 193 g/mol. The second-order valence-corrected chi connectivity index (χ2v) is 3.67. The number of ether oxygens (including phenoxy) is 1. The number of hydrogen-bond donors (Lipinski definition) is 1. The predicted molar refractivity (Wildman–Crippen MR) is 52.5 cm³/mol. The molecule has 0 aliphatic carbocycles. The van der Waals surface area contributed by atoms with Crippen molar-refractivity contribution in [2.45, 2.75) is 19.4 Å². The first-order chi connectivity index (χ1) is 6.22. The summed E-state index contributed by atoms with van der Waals surface area (Å²) in [5, 5.41) is 0. The number of carbonyl (C=O) groups is 1. The third kappa shape index (κ3) is 6.83. The molecule has 78 valence electrons. The monoisotopic (exact) mass is 209 g/mol. The van der Waals surface area contributed by atoms with Crippen LogP contribution in [0, 0.1) is 0 Å². The minimum absolute atomic E-state index is 0.334. The van der Waals surface area contributed by atoms with Gasteiger partial charge in [0, 0.05) is 5.75 Å². The Morgan fingerprint density at radius 3 is 2.85 bits per heavy atom. The molecule has 3 nitrogen and oxygen atoms in total. The first kappa shape index (κ1) is 12.7. The van der Waals surface area contributed by atoms with Gasteiger partial charge in [-0.2, -0.15) is 11.8 Å². The smallest absolute Gasteiger partial charge is 0.322 e. The molecule has 0 amide bonds. The second-order valence-electron chi connectivity index (χ2n) is 2.45. The Hall–Kier alpha value is -0.290. The van der Waals surface area contributed by atoms with Crippen LogP contribution in [0.5, 0.6) is 0 Å². The van der Waals surface area contributed by atoms with Crippen molar-refractivity contribution < 1.29 is 13.9 Å². The van der Waals surface area contributed by atoms with E-state index >= 15 is 0 Å². The van der Waals surface area contributed by atoms with E-state index < -0.39 is 6.04 Å². The van der Waals surface area contributed by atoms with Crippen molar-refractivity contribution in [1.29, 1.82) is 0 Å². The third-order valence-corrected chi connectivity index (χ3v) is 2.35. The van der Waals surface area contributed by atoms with Crippen molar-refractivity contribution in [1.82, 2.24) is 0 Å². The van der Waals surface area contributed by atoms with Crippen LogP contribution in [0.1, 0.15) is 13.3 Å². The van der Waals surface area contributed by atoms with E-state index in [1.165, 1.54) is 11.8 Å². The van der Waals surface area contributed by atoms with Crippen LogP contribution >= 0.6 is 11.8 Å². The lowest BCUT2D eigenvalue weighted by Gasteiger charge is -2.09. The van der Waals surface area contributed by atoms with E-state index in [0.717, 1.165) is 0 Å². The van der Waals surface area contributed by atoms with Gasteiger partial charge in [-0.05, 0) is 19.1 Å². The van der Waals surface area contributed by atoms with E-state index in [1.807, 2.05) is 0 Å². The average molecular weight is 209 g/mol. The van der Waals surface area contributed by atoms with Gasteiger partial charge >= 0.3 is 5.97 Å². The lowest BCUT2D eigenvalue weighted by atomic mass is 10.2. The molecular formula is C8H16FNO2S. The van der Waals surface area contributed by atoms with Gasteiger partial charge in [0.1, 0.15) is 6.04 Å². The average Bonchev–Trinajstić information content (AvgIpc) is 2.12. The normalized spacial score (nSPS) is 12.5. The molecule has 0 saturated carbocycles. The van der Waals surface area contributed by atoms with Crippen molar-refractivity contribution in [3.05, 3.63) is 0 Å². The van der Waals surface area contributed by atoms with E-state index in [4.69, 9.17) is 10.5 Å². The SMILES string of the molecule is CCOC(=O)C(N)CCSCCF.